The molecule has 1 aliphatic rings. The molecular formula is C30H25ClN2O4S. The zero-order chi connectivity index (χ0) is 26.6. The molecule has 0 aromatic heterocycles. The van der Waals surface area contributed by atoms with E-state index in [1.807, 2.05) is 60.7 Å². The highest BCUT2D eigenvalue weighted by atomic mass is 35.5. The van der Waals surface area contributed by atoms with Gasteiger partial charge in [0.05, 0.1) is 32.0 Å². The lowest BCUT2D eigenvalue weighted by Gasteiger charge is -2.24. The van der Waals surface area contributed by atoms with Crippen LogP contribution in [0.25, 0.3) is 0 Å². The van der Waals surface area contributed by atoms with E-state index in [1.54, 1.807) is 43.4 Å². The van der Waals surface area contributed by atoms with Crippen LogP contribution in [-0.2, 0) is 13.1 Å². The van der Waals surface area contributed by atoms with Crippen molar-refractivity contribution in [2.75, 3.05) is 19.1 Å². The third kappa shape index (κ3) is 5.35. The first-order valence-corrected chi connectivity index (χ1v) is 13.1. The Balaban J connectivity index is 1.46. The van der Waals surface area contributed by atoms with Crippen molar-refractivity contribution in [2.24, 2.45) is 0 Å². The summed E-state index contributed by atoms with van der Waals surface area (Å²) in [6, 6.07) is 25.9. The van der Waals surface area contributed by atoms with Gasteiger partial charge in [-0.05, 0) is 60.2 Å². The minimum absolute atomic E-state index is 0.132. The number of anilines is 1. The molecule has 38 heavy (non-hydrogen) atoms. The molecule has 4 aromatic rings. The van der Waals surface area contributed by atoms with Gasteiger partial charge in [0.1, 0.15) is 11.5 Å². The largest absolute Gasteiger partial charge is 0.497 e. The molecule has 1 heterocycles. The molecule has 0 fully saturated rings. The van der Waals surface area contributed by atoms with Crippen molar-refractivity contribution in [2.45, 2.75) is 22.9 Å². The lowest BCUT2D eigenvalue weighted by atomic mass is 10.1. The number of benzene rings is 4. The molecule has 2 amide bonds. The van der Waals surface area contributed by atoms with Crippen molar-refractivity contribution in [1.82, 2.24) is 5.32 Å². The molecule has 0 bridgehead atoms. The number of halogens is 1. The second kappa shape index (κ2) is 11.2. The van der Waals surface area contributed by atoms with Gasteiger partial charge in [0.25, 0.3) is 11.8 Å². The fourth-order valence-corrected chi connectivity index (χ4v) is 5.58. The molecule has 0 aliphatic carbocycles. The first-order valence-electron chi connectivity index (χ1n) is 11.9. The van der Waals surface area contributed by atoms with Crippen LogP contribution in [0.4, 0.5) is 5.69 Å². The highest BCUT2D eigenvalue weighted by Crippen LogP contribution is 2.42. The van der Waals surface area contributed by atoms with Crippen LogP contribution in [-0.4, -0.2) is 26.0 Å². The summed E-state index contributed by atoms with van der Waals surface area (Å²) in [5.74, 6) is 0.907. The SMILES string of the molecule is COc1ccc(CNC(=O)c2ccc3c(c2)N(Cc2cccc(Cl)c2)C(=O)c2ccccc2S3)c(OC)c1. The fraction of sp³-hybridized carbons (Fsp3) is 0.133. The number of carbonyl (C=O) groups excluding carboxylic acids is 2. The van der Waals surface area contributed by atoms with E-state index in [4.69, 9.17) is 21.1 Å². The third-order valence-electron chi connectivity index (χ3n) is 6.26. The summed E-state index contributed by atoms with van der Waals surface area (Å²) >= 11 is 7.74. The quantitative estimate of drug-likeness (QED) is 0.284. The number of hydrogen-bond acceptors (Lipinski definition) is 5. The van der Waals surface area contributed by atoms with Crippen LogP contribution in [0.15, 0.2) is 94.7 Å². The zero-order valence-corrected chi connectivity index (χ0v) is 22.4. The normalized spacial score (nSPS) is 12.3. The lowest BCUT2D eigenvalue weighted by molar-refractivity contribution is 0.0947. The Bertz CT molecular complexity index is 1520. The van der Waals surface area contributed by atoms with E-state index in [2.05, 4.69) is 5.32 Å². The van der Waals surface area contributed by atoms with E-state index in [0.717, 1.165) is 20.9 Å². The summed E-state index contributed by atoms with van der Waals surface area (Å²) in [4.78, 5) is 30.4. The Kier molecular flexibility index (Phi) is 7.58. The van der Waals surface area contributed by atoms with Crippen LogP contribution in [0, 0.1) is 0 Å². The molecular weight excluding hydrogens is 520 g/mol. The Hall–Kier alpha value is -3.94. The average Bonchev–Trinajstić information content (AvgIpc) is 3.05. The number of amides is 2. The first kappa shape index (κ1) is 25.7. The Morgan fingerprint density at radius 2 is 1.76 bits per heavy atom. The maximum Gasteiger partial charge on any atom is 0.259 e. The average molecular weight is 545 g/mol. The lowest BCUT2D eigenvalue weighted by Crippen LogP contribution is -2.31. The van der Waals surface area contributed by atoms with Gasteiger partial charge in [-0.2, -0.15) is 0 Å². The Labute approximate surface area is 230 Å². The molecule has 0 saturated carbocycles. The van der Waals surface area contributed by atoms with Crippen LogP contribution in [0.1, 0.15) is 31.8 Å². The Morgan fingerprint density at radius 3 is 2.55 bits per heavy atom. The maximum absolute atomic E-state index is 13.8. The molecule has 6 nitrogen and oxygen atoms in total. The molecule has 8 heteroatoms. The van der Waals surface area contributed by atoms with Crippen LogP contribution < -0.4 is 19.7 Å². The molecule has 5 rings (SSSR count). The van der Waals surface area contributed by atoms with Crippen LogP contribution >= 0.6 is 23.4 Å². The van der Waals surface area contributed by atoms with Gasteiger partial charge in [0.15, 0.2) is 0 Å². The Morgan fingerprint density at radius 1 is 0.921 bits per heavy atom. The number of nitrogens with one attached hydrogen (secondary N) is 1. The number of nitrogens with zero attached hydrogens (tertiary/aromatic N) is 1. The second-order valence-corrected chi connectivity index (χ2v) is 10.2. The van der Waals surface area contributed by atoms with Gasteiger partial charge in [-0.3, -0.25) is 9.59 Å². The number of carbonyl (C=O) groups is 2. The molecule has 1 N–H and O–H groups in total. The summed E-state index contributed by atoms with van der Waals surface area (Å²) in [5, 5.41) is 3.56. The van der Waals surface area contributed by atoms with Crippen molar-refractivity contribution in [1.29, 1.82) is 0 Å². The van der Waals surface area contributed by atoms with Gasteiger partial charge >= 0.3 is 0 Å². The molecule has 0 spiro atoms. The summed E-state index contributed by atoms with van der Waals surface area (Å²) < 4.78 is 10.7. The minimum atomic E-state index is -0.257. The predicted octanol–water partition coefficient (Wildman–Crippen LogP) is 6.60. The summed E-state index contributed by atoms with van der Waals surface area (Å²) in [5.41, 5.74) is 3.45. The van der Waals surface area contributed by atoms with Crippen molar-refractivity contribution in [3.8, 4) is 11.5 Å². The summed E-state index contributed by atoms with van der Waals surface area (Å²) in [7, 11) is 3.17. The second-order valence-electron chi connectivity index (χ2n) is 8.66. The highest BCUT2D eigenvalue weighted by Gasteiger charge is 2.28. The predicted molar refractivity (Wildman–Crippen MR) is 150 cm³/mol. The van der Waals surface area contributed by atoms with Crippen molar-refractivity contribution < 1.29 is 19.1 Å². The van der Waals surface area contributed by atoms with Crippen LogP contribution in [0.3, 0.4) is 0 Å². The number of fused-ring (bicyclic) bond motifs is 2. The molecule has 192 valence electrons. The monoisotopic (exact) mass is 544 g/mol. The van der Waals surface area contributed by atoms with E-state index < -0.39 is 0 Å². The highest BCUT2D eigenvalue weighted by molar-refractivity contribution is 7.99. The van der Waals surface area contributed by atoms with Crippen molar-refractivity contribution in [3.63, 3.8) is 0 Å². The van der Waals surface area contributed by atoms with Gasteiger partial charge in [0, 0.05) is 38.6 Å². The molecule has 0 unspecified atom stereocenters. The van der Waals surface area contributed by atoms with Gasteiger partial charge in [-0.1, -0.05) is 47.6 Å². The van der Waals surface area contributed by atoms with E-state index in [0.29, 0.717) is 39.9 Å². The van der Waals surface area contributed by atoms with Crippen LogP contribution in [0.5, 0.6) is 11.5 Å². The molecule has 0 radical (unpaired) electrons. The van der Waals surface area contributed by atoms with Gasteiger partial charge in [0.2, 0.25) is 0 Å². The van der Waals surface area contributed by atoms with Crippen molar-refractivity contribution in [3.05, 3.63) is 112 Å². The summed E-state index contributed by atoms with van der Waals surface area (Å²) in [6.45, 7) is 0.587. The van der Waals surface area contributed by atoms with Crippen molar-refractivity contribution >= 4 is 40.9 Å². The number of methoxy groups -OCH3 is 2. The molecule has 1 aliphatic heterocycles. The summed E-state index contributed by atoms with van der Waals surface area (Å²) in [6.07, 6.45) is 0. The number of ether oxygens (including phenoxy) is 2. The first-order chi connectivity index (χ1) is 18.5. The standard InChI is InChI=1S/C30H25ClN2O4S/c1-36-23-12-10-21(26(16-23)37-2)17-32-29(34)20-11-13-28-25(15-20)33(18-19-6-5-7-22(31)14-19)30(35)24-8-3-4-9-27(24)38-28/h3-16H,17-18H2,1-2H3,(H,32,34). The fourth-order valence-electron chi connectivity index (χ4n) is 4.31. The van der Waals surface area contributed by atoms with E-state index in [1.165, 1.54) is 11.8 Å². The van der Waals surface area contributed by atoms with E-state index in [9.17, 15) is 9.59 Å². The third-order valence-corrected chi connectivity index (χ3v) is 7.63. The van der Waals surface area contributed by atoms with Gasteiger partial charge in [-0.25, -0.2) is 0 Å². The molecule has 0 atom stereocenters. The van der Waals surface area contributed by atoms with Gasteiger partial charge < -0.3 is 19.7 Å². The minimum Gasteiger partial charge on any atom is -0.497 e. The molecule has 4 aromatic carbocycles. The maximum atomic E-state index is 13.8. The molecule has 0 saturated heterocycles. The van der Waals surface area contributed by atoms with E-state index in [-0.39, 0.29) is 18.4 Å². The zero-order valence-electron chi connectivity index (χ0n) is 20.9. The number of rotatable bonds is 7. The number of hydrogen-bond donors (Lipinski definition) is 1. The van der Waals surface area contributed by atoms with E-state index >= 15 is 0 Å². The van der Waals surface area contributed by atoms with Crippen LogP contribution in [0.2, 0.25) is 5.02 Å². The van der Waals surface area contributed by atoms with Gasteiger partial charge in [-0.15, -0.1) is 0 Å². The topological polar surface area (TPSA) is 67.9 Å². The smallest absolute Gasteiger partial charge is 0.259 e.